The maximum absolute atomic E-state index is 13.6. The fraction of sp³-hybridized carbons (Fsp3) is 0.450. The van der Waals surface area contributed by atoms with Crippen molar-refractivity contribution in [1.29, 1.82) is 0 Å². The predicted molar refractivity (Wildman–Crippen MR) is 108 cm³/mol. The Morgan fingerprint density at radius 1 is 1.48 bits per heavy atom. The molecular weight excluding hydrogens is 383 g/mol. The number of ketones is 1. The molecule has 0 spiro atoms. The maximum Gasteiger partial charge on any atom is 0.418 e. The zero-order valence-corrected chi connectivity index (χ0v) is 16.6. The average molecular weight is 409 g/mol. The Morgan fingerprint density at radius 3 is 2.79 bits per heavy atom. The van der Waals surface area contributed by atoms with Gasteiger partial charge in [0.05, 0.1) is 11.1 Å². The Hall–Kier alpha value is -2.68. The summed E-state index contributed by atoms with van der Waals surface area (Å²) in [6, 6.07) is 2.43. The van der Waals surface area contributed by atoms with Gasteiger partial charge in [-0.1, -0.05) is 25.5 Å². The highest BCUT2D eigenvalue weighted by molar-refractivity contribution is 6.11. The van der Waals surface area contributed by atoms with Crippen molar-refractivity contribution in [3.05, 3.63) is 46.9 Å². The van der Waals surface area contributed by atoms with Gasteiger partial charge < -0.3 is 16.0 Å². The molecule has 9 heteroatoms. The first-order chi connectivity index (χ1) is 13.7. The fourth-order valence-corrected chi connectivity index (χ4v) is 3.26. The van der Waals surface area contributed by atoms with Crippen LogP contribution in [0.2, 0.25) is 0 Å². The molecule has 29 heavy (non-hydrogen) atoms. The van der Waals surface area contributed by atoms with Gasteiger partial charge in [-0.25, -0.2) is 9.98 Å². The molecule has 0 bridgehead atoms. The Labute approximate surface area is 168 Å². The van der Waals surface area contributed by atoms with Crippen LogP contribution in [0.25, 0.3) is 0 Å². The zero-order valence-electron chi connectivity index (χ0n) is 16.6. The monoisotopic (exact) mass is 409 g/mol. The van der Waals surface area contributed by atoms with Crippen molar-refractivity contribution in [2.45, 2.75) is 38.9 Å². The van der Waals surface area contributed by atoms with E-state index < -0.39 is 23.2 Å². The van der Waals surface area contributed by atoms with E-state index in [-0.39, 0.29) is 17.4 Å². The van der Waals surface area contributed by atoms with Gasteiger partial charge in [0.25, 0.3) is 0 Å². The lowest BCUT2D eigenvalue weighted by Crippen LogP contribution is -2.51. The van der Waals surface area contributed by atoms with E-state index in [4.69, 9.17) is 5.73 Å². The summed E-state index contributed by atoms with van der Waals surface area (Å²) in [5, 5.41) is 3.38. The minimum Gasteiger partial charge on any atom is -0.383 e. The molecule has 1 aromatic rings. The molecule has 1 aliphatic heterocycles. The van der Waals surface area contributed by atoms with E-state index in [0.29, 0.717) is 25.5 Å². The second-order valence-electron chi connectivity index (χ2n) is 6.74. The fourth-order valence-electron chi connectivity index (χ4n) is 3.26. The van der Waals surface area contributed by atoms with Gasteiger partial charge in [0.15, 0.2) is 0 Å². The highest BCUT2D eigenvalue weighted by Gasteiger charge is 2.37. The molecule has 1 unspecified atom stereocenters. The Morgan fingerprint density at radius 2 is 2.21 bits per heavy atom. The molecule has 1 fully saturated rings. The minimum atomic E-state index is -4.73. The smallest absolute Gasteiger partial charge is 0.383 e. The van der Waals surface area contributed by atoms with Gasteiger partial charge in [0.1, 0.15) is 17.3 Å². The number of nitrogens with zero attached hydrogens (tertiary/aromatic N) is 3. The molecule has 1 saturated heterocycles. The number of hydrogen-bond acceptors (Lipinski definition) is 6. The van der Waals surface area contributed by atoms with E-state index >= 15 is 0 Å². The number of Topliss-reactive ketones (excluding diaryl/α,β-unsaturated/α-hetero) is 1. The number of rotatable bonds is 7. The lowest BCUT2D eigenvalue weighted by Gasteiger charge is -2.34. The summed E-state index contributed by atoms with van der Waals surface area (Å²) in [7, 11) is 0. The van der Waals surface area contributed by atoms with Crippen molar-refractivity contribution in [2.24, 2.45) is 10.7 Å². The van der Waals surface area contributed by atoms with Crippen LogP contribution in [0, 0.1) is 0 Å². The summed E-state index contributed by atoms with van der Waals surface area (Å²) >= 11 is 0. The predicted octanol–water partition coefficient (Wildman–Crippen LogP) is 3.31. The molecule has 0 radical (unpaired) electrons. The summed E-state index contributed by atoms with van der Waals surface area (Å²) < 4.78 is 40.7. The molecule has 1 aromatic heterocycles. The number of aromatic nitrogens is 1. The number of carbonyl (C=O) groups is 1. The van der Waals surface area contributed by atoms with E-state index in [2.05, 4.69) is 28.9 Å². The van der Waals surface area contributed by atoms with Gasteiger partial charge >= 0.3 is 6.18 Å². The van der Waals surface area contributed by atoms with Crippen molar-refractivity contribution < 1.29 is 18.0 Å². The number of allylic oxidation sites excluding steroid dienone is 3. The van der Waals surface area contributed by atoms with Crippen LogP contribution < -0.4 is 16.0 Å². The standard InChI is InChI=1S/C20H26F3N5O/c1-4-6-13-12-28(11-10-26-13)16-9-8-15(20(21,22)23)17(27-16)18(29)14(7-5-2)19(24)25-3/h5,7-9,13,26H,3-4,6,10-12,24H2,1-2H3/b7-5-,19-14+. The summed E-state index contributed by atoms with van der Waals surface area (Å²) in [5.74, 6) is -0.866. The number of halogens is 3. The number of piperazine rings is 1. The summed E-state index contributed by atoms with van der Waals surface area (Å²) in [5.41, 5.74) is 3.70. The van der Waals surface area contributed by atoms with Gasteiger partial charge in [0.2, 0.25) is 5.78 Å². The van der Waals surface area contributed by atoms with Crippen molar-refractivity contribution in [3.63, 3.8) is 0 Å². The Balaban J connectivity index is 2.52. The highest BCUT2D eigenvalue weighted by atomic mass is 19.4. The van der Waals surface area contributed by atoms with Crippen molar-refractivity contribution in [2.75, 3.05) is 24.5 Å². The third-order valence-electron chi connectivity index (χ3n) is 4.64. The normalized spacial score (nSPS) is 18.7. The average Bonchev–Trinajstić information content (AvgIpc) is 2.70. The Bertz CT molecular complexity index is 815. The van der Waals surface area contributed by atoms with E-state index in [9.17, 15) is 18.0 Å². The van der Waals surface area contributed by atoms with E-state index in [0.717, 1.165) is 18.9 Å². The first-order valence-electron chi connectivity index (χ1n) is 9.43. The van der Waals surface area contributed by atoms with Crippen molar-refractivity contribution >= 4 is 18.3 Å². The lowest BCUT2D eigenvalue weighted by atomic mass is 10.0. The summed E-state index contributed by atoms with van der Waals surface area (Å²) in [6.45, 7) is 8.82. The minimum absolute atomic E-state index is 0.179. The van der Waals surface area contributed by atoms with E-state index in [1.807, 2.05) is 4.90 Å². The van der Waals surface area contributed by atoms with Gasteiger partial charge in [-0.3, -0.25) is 4.79 Å². The van der Waals surface area contributed by atoms with Crippen molar-refractivity contribution in [1.82, 2.24) is 10.3 Å². The quantitative estimate of drug-likeness (QED) is 0.312. The third-order valence-corrected chi connectivity index (χ3v) is 4.64. The second-order valence-corrected chi connectivity index (χ2v) is 6.74. The molecule has 0 amide bonds. The van der Waals surface area contributed by atoms with Crippen LogP contribution in [-0.2, 0) is 6.18 Å². The summed E-state index contributed by atoms with van der Waals surface area (Å²) in [4.78, 5) is 22.4. The van der Waals surface area contributed by atoms with Crippen molar-refractivity contribution in [3.8, 4) is 0 Å². The van der Waals surface area contributed by atoms with Gasteiger partial charge in [-0.05, 0) is 32.2 Å². The number of aliphatic imine (C=N–C) groups is 1. The SMILES string of the molecule is C=N/C(N)=C(\C=C/C)C(=O)c1nc(N2CCNC(CCC)C2)ccc1C(F)(F)F. The molecule has 3 N–H and O–H groups in total. The molecular formula is C20H26F3N5O. The van der Waals surface area contributed by atoms with E-state index in [1.54, 1.807) is 6.92 Å². The molecule has 0 saturated carbocycles. The van der Waals surface area contributed by atoms with Gasteiger partial charge in [-0.15, -0.1) is 0 Å². The maximum atomic E-state index is 13.6. The number of hydrogen-bond donors (Lipinski definition) is 2. The van der Waals surface area contributed by atoms with Crippen LogP contribution in [0.3, 0.4) is 0 Å². The van der Waals surface area contributed by atoms with Crippen LogP contribution in [0.15, 0.2) is 40.7 Å². The molecule has 1 atom stereocenters. The third kappa shape index (κ3) is 5.44. The van der Waals surface area contributed by atoms with Crippen LogP contribution in [-0.4, -0.2) is 43.2 Å². The number of carbonyl (C=O) groups excluding carboxylic acids is 1. The number of anilines is 1. The summed E-state index contributed by atoms with van der Waals surface area (Å²) in [6.07, 6.45) is -0.00121. The first-order valence-corrected chi connectivity index (χ1v) is 9.43. The molecule has 6 nitrogen and oxygen atoms in total. The molecule has 0 aliphatic carbocycles. The molecule has 2 heterocycles. The van der Waals surface area contributed by atoms with Crippen LogP contribution in [0.1, 0.15) is 42.7 Å². The van der Waals surface area contributed by atoms with E-state index in [1.165, 1.54) is 18.2 Å². The number of pyridine rings is 1. The molecule has 2 rings (SSSR count). The first kappa shape index (κ1) is 22.6. The topological polar surface area (TPSA) is 83.6 Å². The number of nitrogens with one attached hydrogen (secondary N) is 1. The Kier molecular flexibility index (Phi) is 7.55. The second kappa shape index (κ2) is 9.69. The van der Waals surface area contributed by atoms with Crippen LogP contribution in [0.5, 0.6) is 0 Å². The molecule has 1 aliphatic rings. The zero-order chi connectivity index (χ0) is 21.6. The molecule has 0 aromatic carbocycles. The van der Waals surface area contributed by atoms with Gasteiger partial charge in [-0.2, -0.15) is 13.2 Å². The largest absolute Gasteiger partial charge is 0.418 e. The molecule has 158 valence electrons. The number of alkyl halides is 3. The number of nitrogens with two attached hydrogens (primary N) is 1. The lowest BCUT2D eigenvalue weighted by molar-refractivity contribution is -0.138. The van der Waals surface area contributed by atoms with Crippen LogP contribution >= 0.6 is 0 Å². The highest BCUT2D eigenvalue weighted by Crippen LogP contribution is 2.34. The van der Waals surface area contributed by atoms with Gasteiger partial charge in [0, 0.05) is 25.7 Å². The van der Waals surface area contributed by atoms with Crippen LogP contribution in [0.4, 0.5) is 19.0 Å².